The molecule has 0 saturated carbocycles. The Morgan fingerprint density at radius 1 is 1.11 bits per heavy atom. The number of carbonyl (C=O) groups is 1. The molecule has 1 aromatic carbocycles. The molecule has 1 N–H and O–H groups in total. The van der Waals surface area contributed by atoms with Crippen molar-refractivity contribution < 1.29 is 28.5 Å². The number of pyridine rings is 1. The highest BCUT2D eigenvalue weighted by Gasteiger charge is 2.35. The largest absolute Gasteiger partial charge is 0.502 e. The first kappa shape index (κ1) is 24.3. The fraction of sp³-hybridized carbons (Fsp3) is 0.393. The summed E-state index contributed by atoms with van der Waals surface area (Å²) in [6, 6.07) is 11.9. The maximum absolute atomic E-state index is 12.9. The van der Waals surface area contributed by atoms with E-state index in [1.807, 2.05) is 10.6 Å². The molecule has 1 saturated heterocycles. The van der Waals surface area contributed by atoms with E-state index in [1.165, 1.54) is 13.2 Å². The van der Waals surface area contributed by atoms with Crippen molar-refractivity contribution in [2.45, 2.75) is 37.8 Å². The highest BCUT2D eigenvalue weighted by atomic mass is 16.7. The third-order valence-electron chi connectivity index (χ3n) is 7.65. The monoisotopic (exact) mass is 520 g/mol. The molecule has 0 amide bonds. The second kappa shape index (κ2) is 9.68. The number of likely N-dealkylation sites (tertiary alicyclic amines) is 1. The van der Waals surface area contributed by atoms with Crippen LogP contribution in [0.5, 0.6) is 17.2 Å². The van der Waals surface area contributed by atoms with Crippen molar-refractivity contribution in [2.24, 2.45) is 5.92 Å². The molecule has 3 aliphatic rings. The van der Waals surface area contributed by atoms with Gasteiger partial charge in [0.15, 0.2) is 17.3 Å². The predicted molar refractivity (Wildman–Crippen MR) is 135 cm³/mol. The molecule has 0 aliphatic carbocycles. The summed E-state index contributed by atoms with van der Waals surface area (Å²) in [4.78, 5) is 39.7. The molecule has 5 heterocycles. The second-order valence-corrected chi connectivity index (χ2v) is 10.1. The highest BCUT2D eigenvalue weighted by molar-refractivity contribution is 5.71. The summed E-state index contributed by atoms with van der Waals surface area (Å²) >= 11 is 0. The van der Waals surface area contributed by atoms with Crippen LogP contribution in [0.2, 0.25) is 0 Å². The molecule has 3 atom stereocenters. The maximum Gasteiger partial charge on any atom is 0.306 e. The van der Waals surface area contributed by atoms with E-state index in [9.17, 15) is 19.5 Å². The lowest BCUT2D eigenvalue weighted by atomic mass is 9.83. The number of hydrogen-bond acceptors (Lipinski definition) is 9. The number of esters is 1. The Hall–Kier alpha value is -4.05. The van der Waals surface area contributed by atoms with Gasteiger partial charge in [-0.3, -0.25) is 19.3 Å². The Kier molecular flexibility index (Phi) is 6.19. The van der Waals surface area contributed by atoms with Crippen LogP contribution in [-0.4, -0.2) is 47.5 Å². The van der Waals surface area contributed by atoms with Crippen LogP contribution in [0.15, 0.2) is 56.5 Å². The second-order valence-electron chi connectivity index (χ2n) is 10.1. The summed E-state index contributed by atoms with van der Waals surface area (Å²) in [6.07, 6.45) is 0.867. The lowest BCUT2D eigenvalue weighted by molar-refractivity contribution is -0.140. The normalized spacial score (nSPS) is 20.6. The number of ether oxygens (including phenoxy) is 3. The van der Waals surface area contributed by atoms with E-state index in [4.69, 9.17) is 18.6 Å². The minimum atomic E-state index is -0.774. The van der Waals surface area contributed by atoms with Crippen molar-refractivity contribution in [3.63, 3.8) is 0 Å². The van der Waals surface area contributed by atoms with Crippen LogP contribution in [0.4, 0.5) is 0 Å². The molecule has 2 bridgehead atoms. The molecule has 38 heavy (non-hydrogen) atoms. The number of benzene rings is 1. The number of carbonyl (C=O) groups excluding carboxylic acids is 1. The zero-order valence-corrected chi connectivity index (χ0v) is 20.9. The van der Waals surface area contributed by atoms with Gasteiger partial charge in [-0.1, -0.05) is 12.1 Å². The molecule has 2 aromatic heterocycles. The standard InChI is InChI=1S/C28H28N2O8/c1-35-26(33)10-20(17-5-6-23-24(8-17)37-15-36-23)28-27(34)22(31)9-19(38-28)14-29-11-16-7-18(13-29)21-3-2-4-25(32)30(21)12-16/h2-6,8-9,16,18,20,34H,7,10-15H2,1H3/t16-,18+,20+/m0/s1. The van der Waals surface area contributed by atoms with Crippen molar-refractivity contribution in [3.8, 4) is 17.2 Å². The lowest BCUT2D eigenvalue weighted by Gasteiger charge is -2.42. The Labute approximate surface area is 218 Å². The highest BCUT2D eigenvalue weighted by Crippen LogP contribution is 2.40. The third kappa shape index (κ3) is 4.45. The quantitative estimate of drug-likeness (QED) is 0.489. The molecule has 0 radical (unpaired) electrons. The molecular weight excluding hydrogens is 492 g/mol. The maximum atomic E-state index is 12.9. The van der Waals surface area contributed by atoms with Crippen molar-refractivity contribution in [3.05, 3.63) is 85.8 Å². The molecule has 3 aliphatic heterocycles. The predicted octanol–water partition coefficient (Wildman–Crippen LogP) is 2.55. The molecule has 10 heteroatoms. The Morgan fingerprint density at radius 2 is 1.95 bits per heavy atom. The Balaban J connectivity index is 1.31. The molecule has 10 nitrogen and oxygen atoms in total. The van der Waals surface area contributed by atoms with Gasteiger partial charge in [0.05, 0.1) is 26.0 Å². The zero-order chi connectivity index (χ0) is 26.4. The summed E-state index contributed by atoms with van der Waals surface area (Å²) < 4.78 is 23.8. The number of aromatic nitrogens is 1. The fourth-order valence-corrected chi connectivity index (χ4v) is 5.96. The first-order chi connectivity index (χ1) is 18.4. The van der Waals surface area contributed by atoms with Gasteiger partial charge in [0.25, 0.3) is 5.56 Å². The topological polar surface area (TPSA) is 120 Å². The number of aromatic hydroxyl groups is 1. The van der Waals surface area contributed by atoms with E-state index >= 15 is 0 Å². The van der Waals surface area contributed by atoms with Crippen molar-refractivity contribution in [2.75, 3.05) is 27.0 Å². The van der Waals surface area contributed by atoms with E-state index in [-0.39, 0.29) is 30.5 Å². The van der Waals surface area contributed by atoms with Crippen molar-refractivity contribution >= 4 is 5.97 Å². The van der Waals surface area contributed by atoms with Gasteiger partial charge in [0.1, 0.15) is 5.76 Å². The summed E-state index contributed by atoms with van der Waals surface area (Å²) in [5.41, 5.74) is 1.10. The van der Waals surface area contributed by atoms with Crippen molar-refractivity contribution in [1.29, 1.82) is 0 Å². The van der Waals surface area contributed by atoms with Gasteiger partial charge in [-0.05, 0) is 36.1 Å². The number of rotatable bonds is 6. The molecule has 198 valence electrons. The van der Waals surface area contributed by atoms with Crippen molar-refractivity contribution in [1.82, 2.24) is 9.47 Å². The Bertz CT molecular complexity index is 1510. The summed E-state index contributed by atoms with van der Waals surface area (Å²) in [5.74, 6) is 0.172. The number of nitrogens with zero attached hydrogens (tertiary/aromatic N) is 2. The molecule has 0 unspecified atom stereocenters. The van der Waals surface area contributed by atoms with Crippen LogP contribution in [-0.2, 0) is 22.6 Å². The van der Waals surface area contributed by atoms with E-state index in [2.05, 4.69) is 4.90 Å². The number of fused-ring (bicyclic) bond motifs is 5. The number of piperidine rings is 1. The van der Waals surface area contributed by atoms with E-state index in [1.54, 1.807) is 30.3 Å². The third-order valence-corrected chi connectivity index (χ3v) is 7.65. The number of hydrogen-bond donors (Lipinski definition) is 1. The summed E-state index contributed by atoms with van der Waals surface area (Å²) in [5, 5.41) is 10.7. The van der Waals surface area contributed by atoms with Crippen LogP contribution in [0, 0.1) is 5.92 Å². The molecule has 1 fully saturated rings. The number of methoxy groups -OCH3 is 1. The SMILES string of the molecule is COC(=O)C[C@H](c1ccc2c(c1)OCO2)c1oc(CN2C[C@@H]3C[C@H](C2)c2cccc(=O)n2C3)cc(=O)c1O. The van der Waals surface area contributed by atoms with Gasteiger partial charge in [0.2, 0.25) is 18.0 Å². The molecule has 0 spiro atoms. The van der Waals surface area contributed by atoms with Crippen LogP contribution < -0.4 is 20.5 Å². The van der Waals surface area contributed by atoms with Gasteiger partial charge in [0, 0.05) is 43.4 Å². The van der Waals surface area contributed by atoms with Gasteiger partial charge in [-0.15, -0.1) is 0 Å². The van der Waals surface area contributed by atoms with Crippen LogP contribution in [0.3, 0.4) is 0 Å². The zero-order valence-electron chi connectivity index (χ0n) is 20.9. The van der Waals surface area contributed by atoms with Gasteiger partial charge < -0.3 is 28.3 Å². The van der Waals surface area contributed by atoms with E-state index in [0.29, 0.717) is 48.4 Å². The summed E-state index contributed by atoms with van der Waals surface area (Å²) in [6.45, 7) is 2.59. The first-order valence-electron chi connectivity index (χ1n) is 12.6. The minimum absolute atomic E-state index is 0.00543. The average Bonchev–Trinajstić information content (AvgIpc) is 3.38. The van der Waals surface area contributed by atoms with Gasteiger partial charge in [-0.25, -0.2) is 0 Å². The minimum Gasteiger partial charge on any atom is -0.502 e. The van der Waals surface area contributed by atoms with Crippen LogP contribution >= 0.6 is 0 Å². The van der Waals surface area contributed by atoms with E-state index in [0.717, 1.165) is 18.7 Å². The van der Waals surface area contributed by atoms with Gasteiger partial charge >= 0.3 is 5.97 Å². The fourth-order valence-electron chi connectivity index (χ4n) is 5.96. The lowest BCUT2D eigenvalue weighted by Crippen LogP contribution is -2.46. The molecule has 3 aromatic rings. The summed E-state index contributed by atoms with van der Waals surface area (Å²) in [7, 11) is 1.28. The first-order valence-corrected chi connectivity index (χ1v) is 12.6. The van der Waals surface area contributed by atoms with Crippen LogP contribution in [0.1, 0.15) is 47.5 Å². The van der Waals surface area contributed by atoms with Gasteiger partial charge in [-0.2, -0.15) is 0 Å². The van der Waals surface area contributed by atoms with Crippen LogP contribution in [0.25, 0.3) is 0 Å². The molecule has 6 rings (SSSR count). The van der Waals surface area contributed by atoms with E-state index < -0.39 is 23.1 Å². The Morgan fingerprint density at radius 3 is 2.79 bits per heavy atom. The average molecular weight is 521 g/mol. The smallest absolute Gasteiger partial charge is 0.306 e. The molecular formula is C28H28N2O8.